The van der Waals surface area contributed by atoms with Crippen molar-refractivity contribution in [2.45, 2.75) is 24.5 Å². The van der Waals surface area contributed by atoms with Crippen molar-refractivity contribution in [1.29, 1.82) is 0 Å². The number of hydrogen-bond acceptors (Lipinski definition) is 2. The molecule has 1 nitrogen and oxygen atoms in total. The number of aliphatic hydroxyl groups excluding tert-OH is 1. The fraction of sp³-hybridized carbons (Fsp3) is 0.750. The number of aliphatic hydroxyl groups is 1. The first-order chi connectivity index (χ1) is 4.93. The Balaban J connectivity index is 2.12. The summed E-state index contributed by atoms with van der Waals surface area (Å²) in [5.41, 5.74) is 0. The van der Waals surface area contributed by atoms with Crippen LogP contribution in [0.2, 0.25) is 0 Å². The molecule has 0 saturated carbocycles. The molecule has 1 atom stereocenters. The van der Waals surface area contributed by atoms with Gasteiger partial charge in [0.25, 0.3) is 0 Å². The average Bonchev–Trinajstić information content (AvgIpc) is 2.41. The minimum absolute atomic E-state index is 0.0113. The Morgan fingerprint density at radius 1 is 1.50 bits per heavy atom. The molecule has 10 heavy (non-hydrogen) atoms. The van der Waals surface area contributed by atoms with Crippen LogP contribution in [0.3, 0.4) is 0 Å². The van der Waals surface area contributed by atoms with Gasteiger partial charge in [0.05, 0.1) is 0 Å². The van der Waals surface area contributed by atoms with E-state index >= 15 is 0 Å². The molecule has 1 unspecified atom stereocenters. The molecular formula is C8H12OS. The molecule has 1 aliphatic rings. The lowest BCUT2D eigenvalue weighted by atomic mass is 10.2. The predicted octanol–water partition coefficient (Wildman–Crippen LogP) is 1.27. The van der Waals surface area contributed by atoms with Crippen molar-refractivity contribution in [2.75, 3.05) is 12.4 Å². The van der Waals surface area contributed by atoms with E-state index in [0.717, 1.165) is 11.7 Å². The molecular weight excluding hydrogens is 144 g/mol. The maximum Gasteiger partial charge on any atom is 0.104 e. The molecule has 0 amide bonds. The molecule has 0 aromatic heterocycles. The van der Waals surface area contributed by atoms with E-state index in [1.54, 1.807) is 0 Å². The fourth-order valence-electron chi connectivity index (χ4n) is 1.05. The van der Waals surface area contributed by atoms with Crippen molar-refractivity contribution in [3.8, 4) is 11.8 Å². The van der Waals surface area contributed by atoms with Gasteiger partial charge in [0.15, 0.2) is 0 Å². The Labute approximate surface area is 66.2 Å². The zero-order chi connectivity index (χ0) is 7.23. The summed E-state index contributed by atoms with van der Waals surface area (Å²) in [6.07, 6.45) is 3.62. The fourth-order valence-corrected chi connectivity index (χ4v) is 2.25. The average molecular weight is 156 g/mol. The van der Waals surface area contributed by atoms with E-state index in [9.17, 15) is 0 Å². The Morgan fingerprint density at radius 3 is 3.00 bits per heavy atom. The summed E-state index contributed by atoms with van der Waals surface area (Å²) in [6.45, 7) is 0.0113. The Kier molecular flexibility index (Phi) is 3.71. The van der Waals surface area contributed by atoms with Gasteiger partial charge in [0, 0.05) is 11.7 Å². The summed E-state index contributed by atoms with van der Waals surface area (Å²) in [5.74, 6) is 6.92. The van der Waals surface area contributed by atoms with Gasteiger partial charge in [-0.25, -0.2) is 0 Å². The van der Waals surface area contributed by atoms with Crippen LogP contribution in [-0.2, 0) is 0 Å². The predicted molar refractivity (Wildman–Crippen MR) is 45.0 cm³/mol. The molecule has 0 aromatic rings. The molecule has 0 spiro atoms. The second-order valence-corrected chi connectivity index (χ2v) is 3.76. The van der Waals surface area contributed by atoms with Crippen LogP contribution in [-0.4, -0.2) is 22.7 Å². The third-order valence-corrected chi connectivity index (χ3v) is 2.96. The summed E-state index contributed by atoms with van der Waals surface area (Å²) in [4.78, 5) is 0. The van der Waals surface area contributed by atoms with Gasteiger partial charge in [-0.05, 0) is 18.6 Å². The largest absolute Gasteiger partial charge is 0.384 e. The minimum atomic E-state index is 0.0113. The van der Waals surface area contributed by atoms with Crippen molar-refractivity contribution >= 4 is 11.8 Å². The molecule has 1 saturated heterocycles. The number of rotatable bonds is 1. The molecule has 1 N–H and O–H groups in total. The summed E-state index contributed by atoms with van der Waals surface area (Å²) in [5, 5.41) is 9.11. The Morgan fingerprint density at radius 2 is 2.40 bits per heavy atom. The molecule has 0 bridgehead atoms. The summed E-state index contributed by atoms with van der Waals surface area (Å²) in [6, 6.07) is 0. The van der Waals surface area contributed by atoms with Gasteiger partial charge in [-0.15, -0.1) is 0 Å². The summed E-state index contributed by atoms with van der Waals surface area (Å²) in [7, 11) is 0. The number of hydrogen-bond donors (Lipinski definition) is 1. The quantitative estimate of drug-likeness (QED) is 0.577. The van der Waals surface area contributed by atoms with Gasteiger partial charge >= 0.3 is 0 Å². The standard InChI is InChI=1S/C8H12OS/c9-6-2-1-4-8-5-3-7-10-8/h8-9H,3-7H2. The van der Waals surface area contributed by atoms with Crippen LogP contribution >= 0.6 is 11.8 Å². The molecule has 56 valence electrons. The lowest BCUT2D eigenvalue weighted by Gasteiger charge is -1.99. The van der Waals surface area contributed by atoms with E-state index in [2.05, 4.69) is 11.8 Å². The lowest BCUT2D eigenvalue weighted by Crippen LogP contribution is -1.92. The van der Waals surface area contributed by atoms with Crippen LogP contribution in [0, 0.1) is 11.8 Å². The van der Waals surface area contributed by atoms with Gasteiger partial charge in [0.1, 0.15) is 6.61 Å². The highest BCUT2D eigenvalue weighted by atomic mass is 32.2. The van der Waals surface area contributed by atoms with Crippen LogP contribution in [0.15, 0.2) is 0 Å². The first kappa shape index (κ1) is 7.97. The van der Waals surface area contributed by atoms with Crippen molar-refractivity contribution < 1.29 is 5.11 Å². The highest BCUT2D eigenvalue weighted by molar-refractivity contribution is 8.00. The van der Waals surface area contributed by atoms with Gasteiger partial charge in [-0.1, -0.05) is 11.8 Å². The Hall–Kier alpha value is -0.130. The molecule has 2 heteroatoms. The SMILES string of the molecule is OCC#CCC1CCCS1. The Bertz CT molecular complexity index is 139. The van der Waals surface area contributed by atoms with E-state index in [4.69, 9.17) is 5.11 Å². The molecule has 1 fully saturated rings. The van der Waals surface area contributed by atoms with Crippen LogP contribution in [0.5, 0.6) is 0 Å². The third kappa shape index (κ3) is 2.64. The topological polar surface area (TPSA) is 20.2 Å². The van der Waals surface area contributed by atoms with E-state index < -0.39 is 0 Å². The molecule has 1 rings (SSSR count). The molecule has 0 radical (unpaired) electrons. The van der Waals surface area contributed by atoms with Gasteiger partial charge < -0.3 is 5.11 Å². The van der Waals surface area contributed by atoms with Crippen molar-refractivity contribution in [3.05, 3.63) is 0 Å². The summed E-state index contributed by atoms with van der Waals surface area (Å²) < 4.78 is 0. The van der Waals surface area contributed by atoms with E-state index in [0.29, 0.717) is 0 Å². The maximum atomic E-state index is 8.36. The monoisotopic (exact) mass is 156 g/mol. The van der Waals surface area contributed by atoms with Crippen molar-refractivity contribution in [1.82, 2.24) is 0 Å². The molecule has 1 aliphatic heterocycles. The highest BCUT2D eigenvalue weighted by Crippen LogP contribution is 2.27. The van der Waals surface area contributed by atoms with Gasteiger partial charge in [-0.2, -0.15) is 11.8 Å². The van der Waals surface area contributed by atoms with Crippen LogP contribution in [0.4, 0.5) is 0 Å². The first-order valence-electron chi connectivity index (χ1n) is 3.61. The second-order valence-electron chi connectivity index (χ2n) is 2.35. The van der Waals surface area contributed by atoms with Gasteiger partial charge in [-0.3, -0.25) is 0 Å². The van der Waals surface area contributed by atoms with E-state index in [-0.39, 0.29) is 6.61 Å². The molecule has 0 aromatic carbocycles. The first-order valence-corrected chi connectivity index (χ1v) is 4.66. The van der Waals surface area contributed by atoms with Crippen LogP contribution in [0.1, 0.15) is 19.3 Å². The van der Waals surface area contributed by atoms with Crippen molar-refractivity contribution in [2.24, 2.45) is 0 Å². The van der Waals surface area contributed by atoms with E-state index in [1.807, 2.05) is 11.8 Å². The van der Waals surface area contributed by atoms with Crippen molar-refractivity contribution in [3.63, 3.8) is 0 Å². The normalized spacial score (nSPS) is 23.9. The zero-order valence-corrected chi connectivity index (χ0v) is 6.78. The molecule has 0 aliphatic carbocycles. The summed E-state index contributed by atoms with van der Waals surface area (Å²) >= 11 is 2.01. The zero-order valence-electron chi connectivity index (χ0n) is 5.97. The van der Waals surface area contributed by atoms with Gasteiger partial charge in [0.2, 0.25) is 0 Å². The van der Waals surface area contributed by atoms with E-state index in [1.165, 1.54) is 18.6 Å². The minimum Gasteiger partial charge on any atom is -0.384 e. The van der Waals surface area contributed by atoms with Crippen LogP contribution < -0.4 is 0 Å². The maximum absolute atomic E-state index is 8.36. The number of thioether (sulfide) groups is 1. The second kappa shape index (κ2) is 4.65. The van der Waals surface area contributed by atoms with Crippen LogP contribution in [0.25, 0.3) is 0 Å². The smallest absolute Gasteiger partial charge is 0.104 e. The molecule has 1 heterocycles. The lowest BCUT2D eigenvalue weighted by molar-refractivity contribution is 0.350. The highest BCUT2D eigenvalue weighted by Gasteiger charge is 2.13. The third-order valence-electron chi connectivity index (χ3n) is 1.56.